The van der Waals surface area contributed by atoms with Gasteiger partial charge < -0.3 is 4.55 Å². The lowest BCUT2D eigenvalue weighted by atomic mass is 9.95. The van der Waals surface area contributed by atoms with Crippen molar-refractivity contribution >= 4 is 11.3 Å². The Morgan fingerprint density at radius 1 is 1.53 bits per heavy atom. The lowest BCUT2D eigenvalue weighted by Crippen LogP contribution is -2.35. The first-order chi connectivity index (χ1) is 7.24. The minimum atomic E-state index is -2.33. The van der Waals surface area contributed by atoms with Gasteiger partial charge in [0, 0.05) is 17.8 Å². The number of rotatable bonds is 1. The maximum Gasteiger partial charge on any atom is 0.134 e. The first-order valence-corrected chi connectivity index (χ1v) is 5.60. The van der Waals surface area contributed by atoms with Crippen molar-refractivity contribution in [1.82, 2.24) is 4.31 Å². The summed E-state index contributed by atoms with van der Waals surface area (Å²) in [5, 5.41) is 8.99. The smallest absolute Gasteiger partial charge is 0.134 e. The summed E-state index contributed by atoms with van der Waals surface area (Å²) in [5.41, 5.74) is 1.86. The first-order valence-electron chi connectivity index (χ1n) is 4.57. The van der Waals surface area contributed by atoms with E-state index in [9.17, 15) is 8.76 Å². The Kier molecular flexibility index (Phi) is 2.82. The van der Waals surface area contributed by atoms with Crippen LogP contribution >= 0.6 is 0 Å². The molecule has 4 nitrogen and oxygen atoms in total. The zero-order valence-corrected chi connectivity index (χ0v) is 8.74. The second-order valence-electron chi connectivity index (χ2n) is 3.34. The Labute approximate surface area is 90.6 Å². The van der Waals surface area contributed by atoms with E-state index in [2.05, 4.69) is 0 Å². The number of nitrogens with zero attached hydrogens (tertiary/aromatic N) is 2. The van der Waals surface area contributed by atoms with Gasteiger partial charge in [0.1, 0.15) is 6.04 Å². The molecular formula is C10H9N2O2S-. The Hall–Kier alpha value is -1.22. The third-order valence-corrected chi connectivity index (χ3v) is 3.33. The summed E-state index contributed by atoms with van der Waals surface area (Å²) in [4.78, 5) is 0. The molecule has 2 unspecified atom stereocenters. The topological polar surface area (TPSA) is 67.2 Å². The van der Waals surface area contributed by atoms with Crippen molar-refractivity contribution in [2.24, 2.45) is 0 Å². The number of benzene rings is 1. The molecule has 1 aliphatic heterocycles. The predicted octanol–water partition coefficient (Wildman–Crippen LogP) is 0.903. The standard InChI is InChI=1S/C10H10N2O2S/c11-7-10-9-4-2-1-3-8(9)5-6-12(10)15(13)14/h1-4,10H,5-6H2,(H,13,14)/p-1. The van der Waals surface area contributed by atoms with Gasteiger partial charge in [0.05, 0.1) is 6.07 Å². The minimum absolute atomic E-state index is 0.380. The Morgan fingerprint density at radius 2 is 2.27 bits per heavy atom. The van der Waals surface area contributed by atoms with Gasteiger partial charge in [-0.25, -0.2) is 4.31 Å². The highest BCUT2D eigenvalue weighted by atomic mass is 32.2. The summed E-state index contributed by atoms with van der Waals surface area (Å²) in [6.45, 7) is 0.380. The molecule has 0 aromatic heterocycles. The van der Waals surface area contributed by atoms with Gasteiger partial charge in [0.15, 0.2) is 0 Å². The van der Waals surface area contributed by atoms with Crippen LogP contribution in [0.2, 0.25) is 0 Å². The van der Waals surface area contributed by atoms with E-state index in [4.69, 9.17) is 5.26 Å². The van der Waals surface area contributed by atoms with Crippen LogP contribution in [-0.2, 0) is 17.7 Å². The maximum atomic E-state index is 10.9. The third-order valence-electron chi connectivity index (χ3n) is 2.55. The van der Waals surface area contributed by atoms with Crippen molar-refractivity contribution in [1.29, 1.82) is 5.26 Å². The van der Waals surface area contributed by atoms with Gasteiger partial charge in [-0.1, -0.05) is 24.3 Å². The van der Waals surface area contributed by atoms with E-state index in [1.807, 2.05) is 30.3 Å². The average Bonchev–Trinajstić information content (AvgIpc) is 2.27. The Balaban J connectivity index is 2.44. The SMILES string of the molecule is N#CC1c2ccccc2CCN1S(=O)[O-]. The zero-order chi connectivity index (χ0) is 10.8. The Morgan fingerprint density at radius 3 is 2.93 bits per heavy atom. The molecule has 0 aliphatic carbocycles. The molecule has 78 valence electrons. The highest BCUT2D eigenvalue weighted by Gasteiger charge is 2.27. The van der Waals surface area contributed by atoms with E-state index in [1.54, 1.807) is 0 Å². The fraction of sp³-hybridized carbons (Fsp3) is 0.300. The summed E-state index contributed by atoms with van der Waals surface area (Å²) in [7, 11) is 0. The lowest BCUT2D eigenvalue weighted by molar-refractivity contribution is 0.341. The molecule has 0 fully saturated rings. The normalized spacial score (nSPS) is 22.8. The fourth-order valence-corrected chi connectivity index (χ4v) is 2.41. The summed E-state index contributed by atoms with van der Waals surface area (Å²) in [6.07, 6.45) is 0.669. The molecule has 0 saturated heterocycles. The van der Waals surface area contributed by atoms with Crippen LogP contribution < -0.4 is 0 Å². The summed E-state index contributed by atoms with van der Waals surface area (Å²) in [6, 6.07) is 8.81. The van der Waals surface area contributed by atoms with Gasteiger partial charge in [-0.15, -0.1) is 0 Å². The van der Waals surface area contributed by atoms with Gasteiger partial charge >= 0.3 is 0 Å². The first kappa shape index (κ1) is 10.3. The van der Waals surface area contributed by atoms with Crippen LogP contribution in [0, 0.1) is 11.3 Å². The highest BCUT2D eigenvalue weighted by molar-refractivity contribution is 7.76. The van der Waals surface area contributed by atoms with E-state index < -0.39 is 17.3 Å². The van der Waals surface area contributed by atoms with Crippen LogP contribution in [0.5, 0.6) is 0 Å². The molecule has 2 atom stereocenters. The van der Waals surface area contributed by atoms with Crippen molar-refractivity contribution in [2.75, 3.05) is 6.54 Å². The second kappa shape index (κ2) is 4.11. The van der Waals surface area contributed by atoms with Crippen LogP contribution in [0.4, 0.5) is 0 Å². The van der Waals surface area contributed by atoms with Crippen molar-refractivity contribution in [3.8, 4) is 6.07 Å². The summed E-state index contributed by atoms with van der Waals surface area (Å²) in [5.74, 6) is 0. The van der Waals surface area contributed by atoms with Crippen molar-refractivity contribution in [3.05, 3.63) is 35.4 Å². The van der Waals surface area contributed by atoms with E-state index in [-0.39, 0.29) is 0 Å². The summed E-state index contributed by atoms with van der Waals surface area (Å²) < 4.78 is 23.0. The molecule has 1 aliphatic rings. The van der Waals surface area contributed by atoms with Crippen LogP contribution in [0.3, 0.4) is 0 Å². The molecule has 0 amide bonds. The van der Waals surface area contributed by atoms with Gasteiger partial charge in [0.2, 0.25) is 0 Å². The highest BCUT2D eigenvalue weighted by Crippen LogP contribution is 2.29. The van der Waals surface area contributed by atoms with Crippen molar-refractivity contribution in [3.63, 3.8) is 0 Å². The molecule has 0 spiro atoms. The molecule has 0 bridgehead atoms. The van der Waals surface area contributed by atoms with Crippen LogP contribution in [0.25, 0.3) is 0 Å². The monoisotopic (exact) mass is 221 g/mol. The molecule has 1 aromatic carbocycles. The zero-order valence-electron chi connectivity index (χ0n) is 7.92. The van der Waals surface area contributed by atoms with Crippen molar-refractivity contribution in [2.45, 2.75) is 12.5 Å². The van der Waals surface area contributed by atoms with Crippen molar-refractivity contribution < 1.29 is 8.76 Å². The largest absolute Gasteiger partial charge is 0.760 e. The predicted molar refractivity (Wildman–Crippen MR) is 54.1 cm³/mol. The number of nitriles is 1. The van der Waals surface area contributed by atoms with Gasteiger partial charge in [-0.3, -0.25) is 4.21 Å². The van der Waals surface area contributed by atoms with Gasteiger partial charge in [-0.05, 0) is 17.5 Å². The van der Waals surface area contributed by atoms with E-state index >= 15 is 0 Å². The van der Waals surface area contributed by atoms with E-state index in [1.165, 1.54) is 4.31 Å². The maximum absolute atomic E-state index is 10.9. The molecule has 0 radical (unpaired) electrons. The molecule has 2 rings (SSSR count). The Bertz CT molecular complexity index is 441. The molecule has 0 saturated carbocycles. The molecule has 0 N–H and O–H groups in total. The lowest BCUT2D eigenvalue weighted by Gasteiger charge is -2.33. The molecule has 15 heavy (non-hydrogen) atoms. The van der Waals surface area contributed by atoms with Crippen LogP contribution in [-0.4, -0.2) is 19.6 Å². The summed E-state index contributed by atoms with van der Waals surface area (Å²) >= 11 is -2.33. The number of fused-ring (bicyclic) bond motifs is 1. The van der Waals surface area contributed by atoms with E-state index in [0.717, 1.165) is 11.1 Å². The number of hydrogen-bond donors (Lipinski definition) is 0. The fourth-order valence-electron chi connectivity index (χ4n) is 1.84. The van der Waals surface area contributed by atoms with Crippen LogP contribution in [0.15, 0.2) is 24.3 Å². The van der Waals surface area contributed by atoms with Crippen LogP contribution in [0.1, 0.15) is 17.2 Å². The minimum Gasteiger partial charge on any atom is -0.760 e. The number of hydrogen-bond acceptors (Lipinski definition) is 3. The van der Waals surface area contributed by atoms with Gasteiger partial charge in [0.25, 0.3) is 0 Å². The second-order valence-corrected chi connectivity index (χ2v) is 4.24. The van der Waals surface area contributed by atoms with Gasteiger partial charge in [-0.2, -0.15) is 5.26 Å². The molecular weight excluding hydrogens is 212 g/mol. The average molecular weight is 221 g/mol. The molecule has 1 aromatic rings. The van der Waals surface area contributed by atoms with E-state index in [0.29, 0.717) is 13.0 Å². The molecule has 5 heteroatoms. The third kappa shape index (κ3) is 1.79. The quantitative estimate of drug-likeness (QED) is 0.662. The molecule has 1 heterocycles.